The second-order valence-corrected chi connectivity index (χ2v) is 6.75. The second kappa shape index (κ2) is 8.24. The normalized spacial score (nSPS) is 12.7. The van der Waals surface area contributed by atoms with Crippen LogP contribution in [0.4, 0.5) is 11.4 Å². The van der Waals surface area contributed by atoms with Crippen LogP contribution in [0.5, 0.6) is 17.2 Å². The predicted octanol–water partition coefficient (Wildman–Crippen LogP) is 4.50. The summed E-state index contributed by atoms with van der Waals surface area (Å²) in [5, 5.41) is 3.30. The molecule has 0 saturated heterocycles. The minimum Gasteiger partial charge on any atom is -0.482 e. The summed E-state index contributed by atoms with van der Waals surface area (Å²) in [6.45, 7) is -0.185. The van der Waals surface area contributed by atoms with Crippen molar-refractivity contribution in [3.63, 3.8) is 0 Å². The summed E-state index contributed by atoms with van der Waals surface area (Å²) >= 11 is 6.09. The quantitative estimate of drug-likeness (QED) is 0.675. The largest absolute Gasteiger partial charge is 0.482 e. The van der Waals surface area contributed by atoms with Crippen molar-refractivity contribution in [1.82, 2.24) is 0 Å². The van der Waals surface area contributed by atoms with Crippen molar-refractivity contribution < 1.29 is 19.1 Å². The molecule has 0 aliphatic carbocycles. The van der Waals surface area contributed by atoms with Gasteiger partial charge in [-0.1, -0.05) is 35.9 Å². The summed E-state index contributed by atoms with van der Waals surface area (Å²) < 4.78 is 11.1. The molecular formula is C22H17ClN2O4. The number of carbonyl (C=O) groups is 2. The molecule has 0 bridgehead atoms. The lowest BCUT2D eigenvalue weighted by atomic mass is 10.2. The van der Waals surface area contributed by atoms with E-state index in [1.807, 2.05) is 18.2 Å². The van der Waals surface area contributed by atoms with E-state index in [1.54, 1.807) is 54.6 Å². The molecule has 3 aromatic carbocycles. The van der Waals surface area contributed by atoms with Crippen molar-refractivity contribution >= 4 is 34.8 Å². The van der Waals surface area contributed by atoms with Crippen LogP contribution in [0, 0.1) is 0 Å². The molecule has 0 spiro atoms. The molecule has 1 N–H and O–H groups in total. The average molecular weight is 409 g/mol. The first-order valence-corrected chi connectivity index (χ1v) is 9.32. The second-order valence-electron chi connectivity index (χ2n) is 6.34. The van der Waals surface area contributed by atoms with Crippen LogP contribution in [0.2, 0.25) is 5.02 Å². The zero-order valence-corrected chi connectivity index (χ0v) is 16.1. The Hall–Kier alpha value is -3.51. The van der Waals surface area contributed by atoms with Gasteiger partial charge in [0.2, 0.25) is 5.91 Å². The van der Waals surface area contributed by atoms with E-state index in [-0.39, 0.29) is 25.0 Å². The van der Waals surface area contributed by atoms with Gasteiger partial charge in [-0.15, -0.1) is 0 Å². The summed E-state index contributed by atoms with van der Waals surface area (Å²) in [5.41, 5.74) is 1.18. The molecule has 2 amide bonds. The molecule has 1 heterocycles. The third kappa shape index (κ3) is 4.33. The number of fused-ring (bicyclic) bond motifs is 1. The predicted molar refractivity (Wildman–Crippen MR) is 111 cm³/mol. The highest BCUT2D eigenvalue weighted by Crippen LogP contribution is 2.32. The van der Waals surface area contributed by atoms with Crippen molar-refractivity contribution in [2.45, 2.75) is 0 Å². The Balaban J connectivity index is 1.40. The average Bonchev–Trinajstić information content (AvgIpc) is 2.73. The Morgan fingerprint density at radius 1 is 1.03 bits per heavy atom. The minimum absolute atomic E-state index is 0.0849. The number of nitrogens with one attached hydrogen (secondary N) is 1. The number of rotatable bonds is 5. The number of anilines is 2. The maximum Gasteiger partial charge on any atom is 0.265 e. The molecular weight excluding hydrogens is 392 g/mol. The number of halogens is 1. The van der Waals surface area contributed by atoms with Crippen molar-refractivity contribution in [1.29, 1.82) is 0 Å². The summed E-state index contributed by atoms with van der Waals surface area (Å²) in [4.78, 5) is 26.1. The van der Waals surface area contributed by atoms with Crippen LogP contribution in [-0.2, 0) is 9.59 Å². The monoisotopic (exact) mass is 408 g/mol. The number of ether oxygens (including phenoxy) is 2. The van der Waals surface area contributed by atoms with E-state index < -0.39 is 0 Å². The summed E-state index contributed by atoms with van der Waals surface area (Å²) in [7, 11) is 0. The van der Waals surface area contributed by atoms with Crippen molar-refractivity contribution in [2.24, 2.45) is 0 Å². The fraction of sp³-hybridized carbons (Fsp3) is 0.0909. The van der Waals surface area contributed by atoms with E-state index >= 15 is 0 Å². The van der Waals surface area contributed by atoms with Gasteiger partial charge in [-0.05, 0) is 48.5 Å². The van der Waals surface area contributed by atoms with Gasteiger partial charge in [0.25, 0.3) is 5.91 Å². The molecule has 4 rings (SSSR count). The van der Waals surface area contributed by atoms with E-state index in [4.69, 9.17) is 21.1 Å². The fourth-order valence-corrected chi connectivity index (χ4v) is 3.11. The molecule has 146 valence electrons. The fourth-order valence-electron chi connectivity index (χ4n) is 2.93. The highest BCUT2D eigenvalue weighted by molar-refractivity contribution is 6.32. The Kier molecular flexibility index (Phi) is 5.35. The van der Waals surface area contributed by atoms with Crippen LogP contribution in [0.15, 0.2) is 72.8 Å². The van der Waals surface area contributed by atoms with Crippen LogP contribution in [0.1, 0.15) is 0 Å². The van der Waals surface area contributed by atoms with Gasteiger partial charge in [-0.25, -0.2) is 0 Å². The maximum atomic E-state index is 12.5. The molecule has 0 aromatic heterocycles. The van der Waals surface area contributed by atoms with Gasteiger partial charge in [0.1, 0.15) is 23.8 Å². The first-order valence-electron chi connectivity index (χ1n) is 8.94. The Morgan fingerprint density at radius 3 is 2.55 bits per heavy atom. The molecule has 1 aliphatic heterocycles. The van der Waals surface area contributed by atoms with Gasteiger partial charge in [0.05, 0.1) is 10.7 Å². The maximum absolute atomic E-state index is 12.5. The van der Waals surface area contributed by atoms with Crippen LogP contribution in [0.25, 0.3) is 0 Å². The van der Waals surface area contributed by atoms with Crippen molar-refractivity contribution in [3.8, 4) is 17.2 Å². The van der Waals surface area contributed by atoms with Crippen molar-refractivity contribution in [3.05, 3.63) is 77.8 Å². The number of amides is 2. The zero-order valence-electron chi connectivity index (χ0n) is 15.3. The third-order valence-electron chi connectivity index (χ3n) is 4.31. The molecule has 0 unspecified atom stereocenters. The van der Waals surface area contributed by atoms with Gasteiger partial charge in [-0.3, -0.25) is 14.5 Å². The highest BCUT2D eigenvalue weighted by Gasteiger charge is 2.26. The van der Waals surface area contributed by atoms with Crippen LogP contribution >= 0.6 is 11.6 Å². The SMILES string of the molecule is O=C(CN1C(=O)COc2ccccc21)Nc1ccc(Oc2ccccc2Cl)cc1. The lowest BCUT2D eigenvalue weighted by molar-refractivity contribution is -0.123. The lowest BCUT2D eigenvalue weighted by Crippen LogP contribution is -2.43. The number of carbonyl (C=O) groups excluding carboxylic acids is 2. The van der Waals surface area contributed by atoms with Gasteiger partial charge in [-0.2, -0.15) is 0 Å². The van der Waals surface area contributed by atoms with Crippen molar-refractivity contribution in [2.75, 3.05) is 23.4 Å². The van der Waals surface area contributed by atoms with Gasteiger partial charge in [0.15, 0.2) is 6.61 Å². The third-order valence-corrected chi connectivity index (χ3v) is 4.62. The zero-order chi connectivity index (χ0) is 20.2. The lowest BCUT2D eigenvalue weighted by Gasteiger charge is -2.28. The molecule has 0 radical (unpaired) electrons. The summed E-state index contributed by atoms with van der Waals surface area (Å²) in [6, 6.07) is 21.2. The molecule has 3 aromatic rings. The first kappa shape index (κ1) is 18.8. The molecule has 0 saturated carbocycles. The standard InChI is InChI=1S/C22H17ClN2O4/c23-17-5-1-3-7-19(17)29-16-11-9-15(10-12-16)24-21(26)13-25-18-6-2-4-8-20(18)28-14-22(25)27/h1-12H,13-14H2,(H,24,26). The molecule has 0 fully saturated rings. The number of hydrogen-bond donors (Lipinski definition) is 1. The summed E-state index contributed by atoms with van der Waals surface area (Å²) in [5.74, 6) is 1.15. The van der Waals surface area contributed by atoms with Gasteiger partial charge in [0, 0.05) is 5.69 Å². The molecule has 7 heteroatoms. The summed E-state index contributed by atoms with van der Waals surface area (Å²) in [6.07, 6.45) is 0. The first-order chi connectivity index (χ1) is 14.1. The molecule has 0 atom stereocenters. The number of nitrogens with zero attached hydrogens (tertiary/aromatic N) is 1. The van der Waals surface area contributed by atoms with E-state index in [0.29, 0.717) is 33.6 Å². The minimum atomic E-state index is -0.310. The van der Waals surface area contributed by atoms with E-state index in [1.165, 1.54) is 4.90 Å². The van der Waals surface area contributed by atoms with Crippen LogP contribution in [-0.4, -0.2) is 25.0 Å². The van der Waals surface area contributed by atoms with Crippen LogP contribution in [0.3, 0.4) is 0 Å². The van der Waals surface area contributed by atoms with Gasteiger partial charge >= 0.3 is 0 Å². The number of para-hydroxylation sites is 3. The Labute approximate surface area is 172 Å². The van der Waals surface area contributed by atoms with Gasteiger partial charge < -0.3 is 14.8 Å². The Morgan fingerprint density at radius 2 is 1.76 bits per heavy atom. The van der Waals surface area contributed by atoms with E-state index in [2.05, 4.69) is 5.32 Å². The van der Waals surface area contributed by atoms with Crippen LogP contribution < -0.4 is 19.7 Å². The Bertz CT molecular complexity index is 1050. The molecule has 6 nitrogen and oxygen atoms in total. The smallest absolute Gasteiger partial charge is 0.265 e. The number of benzene rings is 3. The number of hydrogen-bond acceptors (Lipinski definition) is 4. The van der Waals surface area contributed by atoms with E-state index in [9.17, 15) is 9.59 Å². The highest BCUT2D eigenvalue weighted by atomic mass is 35.5. The molecule has 29 heavy (non-hydrogen) atoms. The molecule has 1 aliphatic rings. The topological polar surface area (TPSA) is 67.9 Å². The van der Waals surface area contributed by atoms with E-state index in [0.717, 1.165) is 0 Å².